The zero-order valence-corrected chi connectivity index (χ0v) is 18.6. The van der Waals surface area contributed by atoms with Crippen molar-refractivity contribution in [1.82, 2.24) is 9.88 Å². The number of nitrogens with one attached hydrogen (secondary N) is 1. The molecule has 0 unspecified atom stereocenters. The molecule has 4 aromatic rings. The highest BCUT2D eigenvalue weighted by Gasteiger charge is 2.21. The molecule has 0 radical (unpaired) electrons. The lowest BCUT2D eigenvalue weighted by Gasteiger charge is -2.14. The van der Waals surface area contributed by atoms with E-state index in [2.05, 4.69) is 29.6 Å². The van der Waals surface area contributed by atoms with Crippen LogP contribution in [0.4, 0.5) is 8.78 Å². The normalized spacial score (nSPS) is 13.8. The van der Waals surface area contributed by atoms with Crippen LogP contribution in [0.25, 0.3) is 22.2 Å². The fourth-order valence-electron chi connectivity index (χ4n) is 4.45. The summed E-state index contributed by atoms with van der Waals surface area (Å²) < 4.78 is 31.5. The monoisotopic (exact) mass is 430 g/mol. The van der Waals surface area contributed by atoms with Gasteiger partial charge in [-0.05, 0) is 86.7 Å². The first-order valence-electron chi connectivity index (χ1n) is 11.4. The maximum absolute atomic E-state index is 15.7. The minimum absolute atomic E-state index is 0.249. The molecule has 1 heterocycles. The molecule has 4 heteroatoms. The minimum atomic E-state index is -0.308. The Balaban J connectivity index is 1.51. The van der Waals surface area contributed by atoms with Crippen LogP contribution in [-0.4, -0.2) is 17.2 Å². The molecule has 0 spiro atoms. The number of benzene rings is 3. The van der Waals surface area contributed by atoms with Gasteiger partial charge in [-0.2, -0.15) is 0 Å². The molecule has 1 aliphatic rings. The van der Waals surface area contributed by atoms with Gasteiger partial charge >= 0.3 is 0 Å². The summed E-state index contributed by atoms with van der Waals surface area (Å²) in [6, 6.07) is 19.7. The van der Waals surface area contributed by atoms with Crippen LogP contribution in [0.15, 0.2) is 60.7 Å². The van der Waals surface area contributed by atoms with E-state index in [9.17, 15) is 4.39 Å². The van der Waals surface area contributed by atoms with Crippen LogP contribution >= 0.6 is 0 Å². The number of hydrogen-bond acceptors (Lipinski definition) is 1. The summed E-state index contributed by atoms with van der Waals surface area (Å²) in [7, 11) is 0. The van der Waals surface area contributed by atoms with Crippen molar-refractivity contribution in [1.29, 1.82) is 0 Å². The third-order valence-electron chi connectivity index (χ3n) is 6.39. The number of fused-ring (bicyclic) bond motifs is 1. The van der Waals surface area contributed by atoms with Crippen molar-refractivity contribution in [2.24, 2.45) is 0 Å². The maximum Gasteiger partial charge on any atom is 0.156 e. The van der Waals surface area contributed by atoms with Gasteiger partial charge in [0.25, 0.3) is 0 Å². The van der Waals surface area contributed by atoms with Crippen LogP contribution in [-0.2, 0) is 13.0 Å². The molecule has 164 valence electrons. The third-order valence-corrected chi connectivity index (χ3v) is 6.39. The number of halogens is 2. The lowest BCUT2D eigenvalue weighted by Crippen LogP contribution is -2.19. The van der Waals surface area contributed by atoms with Gasteiger partial charge in [0.1, 0.15) is 5.82 Å². The predicted molar refractivity (Wildman–Crippen MR) is 127 cm³/mol. The Kier molecular flexibility index (Phi) is 5.56. The Bertz CT molecular complexity index is 1270. The number of aromatic nitrogens is 1. The van der Waals surface area contributed by atoms with E-state index in [1.165, 1.54) is 30.5 Å². The molecule has 1 N–H and O–H groups in total. The van der Waals surface area contributed by atoms with Crippen molar-refractivity contribution in [3.63, 3.8) is 0 Å². The molecule has 1 fully saturated rings. The molecule has 2 nitrogen and oxygen atoms in total. The Morgan fingerprint density at radius 1 is 0.906 bits per heavy atom. The smallest absolute Gasteiger partial charge is 0.156 e. The fraction of sp³-hybridized carbons (Fsp3) is 0.286. The zero-order chi connectivity index (χ0) is 22.2. The third kappa shape index (κ3) is 4.20. The van der Waals surface area contributed by atoms with E-state index in [1.807, 2.05) is 36.6 Å². The summed E-state index contributed by atoms with van der Waals surface area (Å²) >= 11 is 0. The van der Waals surface area contributed by atoms with Gasteiger partial charge in [-0.1, -0.05) is 35.9 Å². The van der Waals surface area contributed by atoms with E-state index in [-0.39, 0.29) is 11.6 Å². The Morgan fingerprint density at radius 3 is 2.38 bits per heavy atom. The van der Waals surface area contributed by atoms with Crippen LogP contribution in [0, 0.1) is 25.5 Å². The van der Waals surface area contributed by atoms with Crippen LogP contribution < -0.4 is 5.32 Å². The van der Waals surface area contributed by atoms with Gasteiger partial charge in [0, 0.05) is 23.5 Å². The van der Waals surface area contributed by atoms with Crippen molar-refractivity contribution in [3.05, 3.63) is 94.6 Å². The predicted octanol–water partition coefficient (Wildman–Crippen LogP) is 6.55. The first-order valence-corrected chi connectivity index (χ1v) is 11.4. The quantitative estimate of drug-likeness (QED) is 0.352. The van der Waals surface area contributed by atoms with Crippen molar-refractivity contribution in [2.45, 2.75) is 45.7 Å². The molecule has 0 saturated heterocycles. The Labute approximate surface area is 187 Å². The fourth-order valence-corrected chi connectivity index (χ4v) is 4.45. The summed E-state index contributed by atoms with van der Waals surface area (Å²) in [6.07, 6.45) is 3.61. The number of hydrogen-bond donors (Lipinski definition) is 1. The molecule has 1 aliphatic carbocycles. The van der Waals surface area contributed by atoms with Crippen LogP contribution in [0.2, 0.25) is 0 Å². The van der Waals surface area contributed by atoms with E-state index in [1.54, 1.807) is 6.07 Å². The molecule has 32 heavy (non-hydrogen) atoms. The van der Waals surface area contributed by atoms with Crippen LogP contribution in [0.5, 0.6) is 0 Å². The molecule has 0 atom stereocenters. The maximum atomic E-state index is 15.7. The standard InChI is InChI=1S/C28H28F2N2/c1-18-3-12-26-25(15-18)27(30)28(24-11-8-22(29)16-19(24)2)32(26)17-21-6-4-20(5-7-21)13-14-31-23-9-10-23/h3-8,11-12,15-16,23,31H,9-10,13-14,17H2,1-2H3. The highest BCUT2D eigenvalue weighted by Crippen LogP contribution is 2.35. The number of rotatable bonds is 7. The molecular formula is C28H28F2N2. The minimum Gasteiger partial charge on any atom is -0.334 e. The lowest BCUT2D eigenvalue weighted by atomic mass is 10.0. The highest BCUT2D eigenvalue weighted by molar-refractivity contribution is 5.89. The van der Waals surface area contributed by atoms with Crippen molar-refractivity contribution in [3.8, 4) is 11.3 Å². The van der Waals surface area contributed by atoms with Gasteiger partial charge in [-0.15, -0.1) is 0 Å². The molecule has 1 aromatic heterocycles. The van der Waals surface area contributed by atoms with Gasteiger partial charge in [0.05, 0.1) is 11.2 Å². The SMILES string of the molecule is Cc1ccc2c(c1)c(F)c(-c1ccc(F)cc1C)n2Cc1ccc(CCNC2CC2)cc1. The van der Waals surface area contributed by atoms with E-state index in [4.69, 9.17) is 0 Å². The molecule has 3 aromatic carbocycles. The topological polar surface area (TPSA) is 17.0 Å². The lowest BCUT2D eigenvalue weighted by molar-refractivity contribution is 0.624. The van der Waals surface area contributed by atoms with Gasteiger partial charge < -0.3 is 9.88 Å². The van der Waals surface area contributed by atoms with Gasteiger partial charge in [0.15, 0.2) is 5.82 Å². The second-order valence-electron chi connectivity index (χ2n) is 9.02. The molecule has 0 bridgehead atoms. The van der Waals surface area contributed by atoms with Gasteiger partial charge in [0.2, 0.25) is 0 Å². The highest BCUT2D eigenvalue weighted by atomic mass is 19.1. The van der Waals surface area contributed by atoms with Gasteiger partial charge in [-0.25, -0.2) is 8.78 Å². The van der Waals surface area contributed by atoms with E-state index < -0.39 is 0 Å². The second-order valence-corrected chi connectivity index (χ2v) is 9.02. The second kappa shape index (κ2) is 8.51. The Morgan fingerprint density at radius 2 is 1.66 bits per heavy atom. The summed E-state index contributed by atoms with van der Waals surface area (Å²) in [5.41, 5.74) is 6.24. The summed E-state index contributed by atoms with van der Waals surface area (Å²) in [5.74, 6) is -0.557. The van der Waals surface area contributed by atoms with Gasteiger partial charge in [-0.3, -0.25) is 0 Å². The van der Waals surface area contributed by atoms with Crippen molar-refractivity contribution >= 4 is 10.9 Å². The molecule has 0 amide bonds. The van der Waals surface area contributed by atoms with Crippen molar-refractivity contribution in [2.75, 3.05) is 6.54 Å². The molecular weight excluding hydrogens is 402 g/mol. The summed E-state index contributed by atoms with van der Waals surface area (Å²) in [4.78, 5) is 0. The average Bonchev–Trinajstić information content (AvgIpc) is 3.56. The van der Waals surface area contributed by atoms with E-state index in [0.717, 1.165) is 46.8 Å². The molecule has 1 saturated carbocycles. The van der Waals surface area contributed by atoms with E-state index in [0.29, 0.717) is 17.6 Å². The molecule has 0 aliphatic heterocycles. The summed E-state index contributed by atoms with van der Waals surface area (Å²) in [5, 5.41) is 4.15. The average molecular weight is 431 g/mol. The first-order chi connectivity index (χ1) is 15.5. The zero-order valence-electron chi connectivity index (χ0n) is 18.6. The Hall–Kier alpha value is -2.98. The first kappa shape index (κ1) is 20.9. The van der Waals surface area contributed by atoms with E-state index >= 15 is 4.39 Å². The number of aryl methyl sites for hydroxylation is 2. The van der Waals surface area contributed by atoms with Crippen LogP contribution in [0.3, 0.4) is 0 Å². The largest absolute Gasteiger partial charge is 0.334 e. The summed E-state index contributed by atoms with van der Waals surface area (Å²) in [6.45, 7) is 5.35. The number of nitrogens with zero attached hydrogens (tertiary/aromatic N) is 1. The van der Waals surface area contributed by atoms with Crippen molar-refractivity contribution < 1.29 is 8.78 Å². The van der Waals surface area contributed by atoms with Crippen LogP contribution in [0.1, 0.15) is 35.1 Å². The molecule has 5 rings (SSSR count).